The Morgan fingerprint density at radius 2 is 1.76 bits per heavy atom. The van der Waals surface area contributed by atoms with Gasteiger partial charge < -0.3 is 5.11 Å². The summed E-state index contributed by atoms with van der Waals surface area (Å²) in [7, 11) is -3.56. The third-order valence-electron chi connectivity index (χ3n) is 2.58. The molecule has 96 valence electrons. The summed E-state index contributed by atoms with van der Waals surface area (Å²) in [6.07, 6.45) is 0. The number of rotatable bonds is 4. The maximum absolute atomic E-state index is 12.0. The van der Waals surface area contributed by atoms with Crippen molar-refractivity contribution in [2.75, 3.05) is 6.61 Å². The van der Waals surface area contributed by atoms with Crippen LogP contribution in [0.1, 0.15) is 20.8 Å². The smallest absolute Gasteiger partial charge is 0.240 e. The highest BCUT2D eigenvalue weighted by atomic mass is 32.2. The zero-order valence-corrected chi connectivity index (χ0v) is 11.2. The van der Waals surface area contributed by atoms with Gasteiger partial charge in [0.1, 0.15) is 0 Å². The number of nitrogens with one attached hydrogen (secondary N) is 1. The number of benzene rings is 1. The molecule has 5 heteroatoms. The molecule has 1 aromatic carbocycles. The summed E-state index contributed by atoms with van der Waals surface area (Å²) in [6, 6.07) is 7.64. The molecular weight excluding hydrogens is 238 g/mol. The minimum Gasteiger partial charge on any atom is -0.395 e. The van der Waals surface area contributed by atoms with Crippen molar-refractivity contribution < 1.29 is 13.5 Å². The van der Waals surface area contributed by atoms with Crippen LogP contribution in [-0.4, -0.2) is 26.2 Å². The van der Waals surface area contributed by atoms with Gasteiger partial charge in [0.25, 0.3) is 0 Å². The summed E-state index contributed by atoms with van der Waals surface area (Å²) in [5.74, 6) is 0. The van der Waals surface area contributed by atoms with Crippen LogP contribution in [0.25, 0.3) is 0 Å². The lowest BCUT2D eigenvalue weighted by molar-refractivity contribution is 0.177. The maximum Gasteiger partial charge on any atom is 0.240 e. The van der Waals surface area contributed by atoms with Gasteiger partial charge in [0, 0.05) is 6.04 Å². The molecule has 1 aromatic rings. The van der Waals surface area contributed by atoms with Crippen LogP contribution in [0.4, 0.5) is 0 Å². The van der Waals surface area contributed by atoms with E-state index >= 15 is 0 Å². The minimum atomic E-state index is -3.56. The van der Waals surface area contributed by atoms with Crippen molar-refractivity contribution in [1.82, 2.24) is 4.72 Å². The summed E-state index contributed by atoms with van der Waals surface area (Å²) in [4.78, 5) is 0.211. The van der Waals surface area contributed by atoms with Crippen LogP contribution in [0.2, 0.25) is 0 Å². The van der Waals surface area contributed by atoms with E-state index in [2.05, 4.69) is 4.72 Å². The molecular formula is C12H19NO3S. The Hall–Kier alpha value is -0.910. The molecule has 1 unspecified atom stereocenters. The first-order valence-corrected chi connectivity index (χ1v) is 6.94. The topological polar surface area (TPSA) is 66.4 Å². The molecule has 0 heterocycles. The fraction of sp³-hybridized carbons (Fsp3) is 0.500. The minimum absolute atomic E-state index is 0.211. The van der Waals surface area contributed by atoms with Crippen LogP contribution in [-0.2, 0) is 10.0 Å². The van der Waals surface area contributed by atoms with Gasteiger partial charge in [-0.2, -0.15) is 0 Å². The standard InChI is InChI=1S/C12H19NO3S/c1-12(2,3)11(9-14)13-17(15,16)10-7-5-4-6-8-10/h4-8,11,13-14H,9H2,1-3H3. The van der Waals surface area contributed by atoms with Gasteiger partial charge >= 0.3 is 0 Å². The lowest BCUT2D eigenvalue weighted by Crippen LogP contribution is -2.46. The molecule has 1 rings (SSSR count). The van der Waals surface area contributed by atoms with Crippen LogP contribution < -0.4 is 4.72 Å². The molecule has 4 nitrogen and oxygen atoms in total. The molecule has 2 N–H and O–H groups in total. The Kier molecular flexibility index (Phi) is 4.30. The van der Waals surface area contributed by atoms with Gasteiger partial charge in [0.15, 0.2) is 0 Å². The van der Waals surface area contributed by atoms with E-state index in [9.17, 15) is 13.5 Å². The van der Waals surface area contributed by atoms with E-state index in [-0.39, 0.29) is 16.9 Å². The highest BCUT2D eigenvalue weighted by Crippen LogP contribution is 2.21. The van der Waals surface area contributed by atoms with Crippen LogP contribution in [0.15, 0.2) is 35.2 Å². The molecule has 0 saturated carbocycles. The lowest BCUT2D eigenvalue weighted by atomic mass is 9.88. The van der Waals surface area contributed by atoms with Crippen LogP contribution in [0.5, 0.6) is 0 Å². The number of aliphatic hydroxyl groups is 1. The predicted molar refractivity (Wildman–Crippen MR) is 67.1 cm³/mol. The quantitative estimate of drug-likeness (QED) is 0.856. The summed E-state index contributed by atoms with van der Waals surface area (Å²) < 4.78 is 26.6. The van der Waals surface area contributed by atoms with Gasteiger partial charge in [-0.1, -0.05) is 39.0 Å². The van der Waals surface area contributed by atoms with Crippen LogP contribution in [0, 0.1) is 5.41 Å². The fourth-order valence-electron chi connectivity index (χ4n) is 1.34. The van der Waals surface area contributed by atoms with Gasteiger partial charge in [-0.05, 0) is 17.5 Å². The highest BCUT2D eigenvalue weighted by molar-refractivity contribution is 7.89. The normalized spacial score (nSPS) is 14.6. The Morgan fingerprint density at radius 3 is 2.18 bits per heavy atom. The van der Waals surface area contributed by atoms with Crippen molar-refractivity contribution in [2.24, 2.45) is 5.41 Å². The Labute approximate surface area is 103 Å². The first kappa shape index (κ1) is 14.2. The fourth-order valence-corrected chi connectivity index (χ4v) is 2.80. The molecule has 0 saturated heterocycles. The second-order valence-electron chi connectivity index (χ2n) is 5.04. The van der Waals surface area contributed by atoms with Gasteiger partial charge in [-0.3, -0.25) is 0 Å². The molecule has 0 spiro atoms. The van der Waals surface area contributed by atoms with Gasteiger partial charge in [-0.15, -0.1) is 0 Å². The van der Waals surface area contributed by atoms with Crippen molar-refractivity contribution in [1.29, 1.82) is 0 Å². The Morgan fingerprint density at radius 1 is 1.24 bits per heavy atom. The van der Waals surface area contributed by atoms with Crippen molar-refractivity contribution >= 4 is 10.0 Å². The summed E-state index contributed by atoms with van der Waals surface area (Å²) in [5.41, 5.74) is -0.337. The van der Waals surface area contributed by atoms with Gasteiger partial charge in [0.05, 0.1) is 11.5 Å². The van der Waals surface area contributed by atoms with E-state index in [1.807, 2.05) is 20.8 Å². The molecule has 17 heavy (non-hydrogen) atoms. The van der Waals surface area contributed by atoms with E-state index in [0.717, 1.165) is 0 Å². The van der Waals surface area contributed by atoms with Crippen molar-refractivity contribution in [3.05, 3.63) is 30.3 Å². The molecule has 0 amide bonds. The predicted octanol–water partition coefficient (Wildman–Crippen LogP) is 1.37. The van der Waals surface area contributed by atoms with E-state index < -0.39 is 16.1 Å². The summed E-state index contributed by atoms with van der Waals surface area (Å²) in [6.45, 7) is 5.40. The molecule has 0 aromatic heterocycles. The SMILES string of the molecule is CC(C)(C)C(CO)NS(=O)(=O)c1ccccc1. The van der Waals surface area contributed by atoms with Gasteiger partial charge in [0.2, 0.25) is 10.0 Å². The number of sulfonamides is 1. The molecule has 0 aliphatic carbocycles. The Balaban J connectivity index is 2.95. The first-order valence-electron chi connectivity index (χ1n) is 5.45. The lowest BCUT2D eigenvalue weighted by Gasteiger charge is -2.29. The number of hydrogen-bond donors (Lipinski definition) is 2. The summed E-state index contributed by atoms with van der Waals surface area (Å²) >= 11 is 0. The van der Waals surface area contributed by atoms with Gasteiger partial charge in [-0.25, -0.2) is 13.1 Å². The zero-order valence-electron chi connectivity index (χ0n) is 10.3. The van der Waals surface area contributed by atoms with Crippen LogP contribution in [0.3, 0.4) is 0 Å². The van der Waals surface area contributed by atoms with Crippen molar-refractivity contribution in [3.8, 4) is 0 Å². The van der Waals surface area contributed by atoms with Crippen LogP contribution >= 0.6 is 0 Å². The molecule has 0 aliphatic rings. The van der Waals surface area contributed by atoms with E-state index in [1.54, 1.807) is 18.2 Å². The number of aliphatic hydroxyl groups excluding tert-OH is 1. The average Bonchev–Trinajstić information content (AvgIpc) is 2.25. The van der Waals surface area contributed by atoms with E-state index in [0.29, 0.717) is 0 Å². The molecule has 0 aliphatic heterocycles. The maximum atomic E-state index is 12.0. The first-order chi connectivity index (χ1) is 7.77. The average molecular weight is 257 g/mol. The second kappa shape index (κ2) is 5.16. The largest absolute Gasteiger partial charge is 0.395 e. The van der Waals surface area contributed by atoms with E-state index in [4.69, 9.17) is 0 Å². The Bertz CT molecular complexity index is 448. The number of hydrogen-bond acceptors (Lipinski definition) is 3. The van der Waals surface area contributed by atoms with E-state index in [1.165, 1.54) is 12.1 Å². The molecule has 0 bridgehead atoms. The summed E-state index contributed by atoms with van der Waals surface area (Å²) in [5, 5.41) is 9.24. The van der Waals surface area contributed by atoms with Crippen molar-refractivity contribution in [3.63, 3.8) is 0 Å². The second-order valence-corrected chi connectivity index (χ2v) is 6.75. The molecule has 0 fully saturated rings. The zero-order chi connectivity index (χ0) is 13.1. The third-order valence-corrected chi connectivity index (χ3v) is 4.07. The van der Waals surface area contributed by atoms with Crippen molar-refractivity contribution in [2.45, 2.75) is 31.7 Å². The third kappa shape index (κ3) is 3.80. The molecule has 0 radical (unpaired) electrons. The monoisotopic (exact) mass is 257 g/mol. The molecule has 1 atom stereocenters. The highest BCUT2D eigenvalue weighted by Gasteiger charge is 2.28.